The van der Waals surface area contributed by atoms with E-state index in [0.717, 1.165) is 34.4 Å². The minimum Gasteiger partial charge on any atom is -0.318 e. The third-order valence-corrected chi connectivity index (χ3v) is 6.01. The van der Waals surface area contributed by atoms with Gasteiger partial charge in [-0.2, -0.15) is 5.10 Å². The maximum Gasteiger partial charge on any atom is 0.164 e. The fourth-order valence-corrected chi connectivity index (χ4v) is 4.61. The van der Waals surface area contributed by atoms with E-state index in [-0.39, 0.29) is 6.04 Å². The van der Waals surface area contributed by atoms with E-state index < -0.39 is 0 Å². The van der Waals surface area contributed by atoms with E-state index in [0.29, 0.717) is 27.3 Å². The van der Waals surface area contributed by atoms with Gasteiger partial charge in [0.05, 0.1) is 27.5 Å². The van der Waals surface area contributed by atoms with Gasteiger partial charge in [-0.1, -0.05) is 65.2 Å². The molecule has 0 bridgehead atoms. The number of fused-ring (bicyclic) bond motifs is 2. The summed E-state index contributed by atoms with van der Waals surface area (Å²) < 4.78 is 1.83. The minimum absolute atomic E-state index is 0.348. The number of rotatable bonds is 3. The molecule has 0 radical (unpaired) electrons. The maximum absolute atomic E-state index is 11.9. The molecule has 0 spiro atoms. The van der Waals surface area contributed by atoms with Gasteiger partial charge in [0, 0.05) is 17.3 Å². The van der Waals surface area contributed by atoms with Crippen molar-refractivity contribution in [1.82, 2.24) is 14.7 Å². The van der Waals surface area contributed by atoms with Gasteiger partial charge in [0.25, 0.3) is 0 Å². The van der Waals surface area contributed by atoms with Crippen molar-refractivity contribution in [3.63, 3.8) is 0 Å². The lowest BCUT2D eigenvalue weighted by atomic mass is 9.91. The van der Waals surface area contributed by atoms with Crippen LogP contribution in [0.25, 0.3) is 5.69 Å². The minimum atomic E-state index is -0.348. The standard InChI is InChI=1S/C24H18Cl2N4O/c1-14-7-9-18(10-8-14)30-24-21(15(2)28-30)22(19-6-4-3-5-16(19)13-31)29-12-17(25)11-20(26)23(29)27-24/h3-13,22H,1-2H3. The highest BCUT2D eigenvalue weighted by Gasteiger charge is 2.38. The first-order chi connectivity index (χ1) is 15.0. The molecule has 0 saturated heterocycles. The maximum atomic E-state index is 11.9. The van der Waals surface area contributed by atoms with Gasteiger partial charge in [-0.25, -0.2) is 9.67 Å². The van der Waals surface area contributed by atoms with E-state index in [1.54, 1.807) is 18.3 Å². The van der Waals surface area contributed by atoms with Crippen LogP contribution in [0.1, 0.15) is 38.8 Å². The largest absolute Gasteiger partial charge is 0.318 e. The van der Waals surface area contributed by atoms with E-state index in [1.807, 2.05) is 65.9 Å². The van der Waals surface area contributed by atoms with Gasteiger partial charge in [-0.3, -0.25) is 4.79 Å². The highest BCUT2D eigenvalue weighted by atomic mass is 35.5. The topological polar surface area (TPSA) is 50.5 Å². The van der Waals surface area contributed by atoms with Gasteiger partial charge >= 0.3 is 0 Å². The number of amidine groups is 1. The molecule has 7 heteroatoms. The molecule has 1 aromatic heterocycles. The molecule has 3 heterocycles. The van der Waals surface area contributed by atoms with Crippen LogP contribution in [0, 0.1) is 13.8 Å². The van der Waals surface area contributed by atoms with Gasteiger partial charge < -0.3 is 4.90 Å². The predicted molar refractivity (Wildman–Crippen MR) is 124 cm³/mol. The monoisotopic (exact) mass is 448 g/mol. The summed E-state index contributed by atoms with van der Waals surface area (Å²) in [7, 11) is 0. The van der Waals surface area contributed by atoms with Crippen LogP contribution in [0.4, 0.5) is 5.82 Å². The molecule has 0 saturated carbocycles. The Morgan fingerprint density at radius 2 is 1.77 bits per heavy atom. The van der Waals surface area contributed by atoms with E-state index in [9.17, 15) is 4.79 Å². The van der Waals surface area contributed by atoms with Crippen LogP contribution in [0.2, 0.25) is 0 Å². The zero-order valence-corrected chi connectivity index (χ0v) is 18.4. The fourth-order valence-electron chi connectivity index (χ4n) is 4.08. The molecule has 2 aliphatic rings. The smallest absolute Gasteiger partial charge is 0.164 e. The zero-order valence-electron chi connectivity index (χ0n) is 16.9. The van der Waals surface area contributed by atoms with Crippen LogP contribution in [-0.4, -0.2) is 26.8 Å². The molecular formula is C24H18Cl2N4O. The van der Waals surface area contributed by atoms with Crippen molar-refractivity contribution in [2.45, 2.75) is 19.9 Å². The van der Waals surface area contributed by atoms with E-state index in [1.165, 1.54) is 0 Å². The Hall–Kier alpha value is -3.15. The zero-order chi connectivity index (χ0) is 21.7. The molecule has 2 aliphatic heterocycles. The number of carbonyl (C=O) groups excluding carboxylic acids is 1. The van der Waals surface area contributed by atoms with Gasteiger partial charge in [0.15, 0.2) is 11.7 Å². The van der Waals surface area contributed by atoms with E-state index in [2.05, 4.69) is 0 Å². The average Bonchev–Trinajstić information content (AvgIpc) is 3.09. The molecule has 5 nitrogen and oxygen atoms in total. The Kier molecular flexibility index (Phi) is 4.80. The third-order valence-electron chi connectivity index (χ3n) is 5.53. The SMILES string of the molecule is Cc1ccc(-n2nc(C)c3c2N=C2C(Cl)=CC(Cl)=CN2C3c2ccccc2C=O)cc1. The number of carbonyl (C=O) groups is 1. The number of benzene rings is 2. The molecule has 1 unspecified atom stereocenters. The second kappa shape index (κ2) is 7.52. The van der Waals surface area contributed by atoms with Crippen molar-refractivity contribution >= 4 is 41.1 Å². The first-order valence-electron chi connectivity index (χ1n) is 9.80. The van der Waals surface area contributed by atoms with Gasteiger partial charge in [0.1, 0.15) is 6.29 Å². The summed E-state index contributed by atoms with van der Waals surface area (Å²) in [5.41, 5.74) is 5.22. The van der Waals surface area contributed by atoms with Gasteiger partial charge in [-0.15, -0.1) is 0 Å². The number of hydrogen-bond donors (Lipinski definition) is 0. The Morgan fingerprint density at radius 1 is 1.03 bits per heavy atom. The van der Waals surface area contributed by atoms with Crippen LogP contribution < -0.4 is 0 Å². The van der Waals surface area contributed by atoms with Gasteiger partial charge in [0.2, 0.25) is 0 Å². The summed E-state index contributed by atoms with van der Waals surface area (Å²) in [6.45, 7) is 3.99. The van der Waals surface area contributed by atoms with Gasteiger partial charge in [-0.05, 0) is 37.6 Å². The molecule has 3 aromatic rings. The Morgan fingerprint density at radius 3 is 2.52 bits per heavy atom. The Labute approximate surface area is 189 Å². The van der Waals surface area contributed by atoms with Crippen molar-refractivity contribution in [3.8, 4) is 5.69 Å². The Bertz CT molecular complexity index is 1300. The van der Waals surface area contributed by atoms with Crippen molar-refractivity contribution in [2.24, 2.45) is 4.99 Å². The van der Waals surface area contributed by atoms with Crippen molar-refractivity contribution in [2.75, 3.05) is 0 Å². The number of hydrogen-bond acceptors (Lipinski definition) is 4. The molecule has 31 heavy (non-hydrogen) atoms. The van der Waals surface area contributed by atoms with E-state index in [4.69, 9.17) is 33.3 Å². The normalized spacial score (nSPS) is 17.4. The number of aromatic nitrogens is 2. The summed E-state index contributed by atoms with van der Waals surface area (Å²) in [5.74, 6) is 1.26. The quantitative estimate of drug-likeness (QED) is 0.464. The second-order valence-corrected chi connectivity index (χ2v) is 8.41. The number of nitrogens with zero attached hydrogens (tertiary/aromatic N) is 4. The van der Waals surface area contributed by atoms with Crippen molar-refractivity contribution < 1.29 is 4.79 Å². The highest BCUT2D eigenvalue weighted by Crippen LogP contribution is 2.45. The third kappa shape index (κ3) is 3.21. The summed E-state index contributed by atoms with van der Waals surface area (Å²) in [6.07, 6.45) is 4.34. The Balaban J connectivity index is 1.81. The summed E-state index contributed by atoms with van der Waals surface area (Å²) in [4.78, 5) is 18.7. The molecule has 0 N–H and O–H groups in total. The molecule has 1 atom stereocenters. The highest BCUT2D eigenvalue weighted by molar-refractivity contribution is 6.45. The average molecular weight is 449 g/mol. The lowest BCUT2D eigenvalue weighted by Crippen LogP contribution is -2.36. The first kappa shape index (κ1) is 19.8. The number of aryl methyl sites for hydroxylation is 2. The molecular weight excluding hydrogens is 431 g/mol. The number of allylic oxidation sites excluding steroid dienone is 2. The summed E-state index contributed by atoms with van der Waals surface area (Å²) in [6, 6.07) is 15.3. The van der Waals surface area contributed by atoms with Crippen molar-refractivity contribution in [3.05, 3.63) is 98.8 Å². The lowest BCUT2D eigenvalue weighted by molar-refractivity contribution is 0.112. The van der Waals surface area contributed by atoms with Crippen LogP contribution in [0.5, 0.6) is 0 Å². The fraction of sp³-hybridized carbons (Fsp3) is 0.125. The molecule has 5 rings (SSSR count). The number of halogens is 2. The summed E-state index contributed by atoms with van der Waals surface area (Å²) in [5, 5.41) is 5.73. The number of aldehydes is 1. The number of aliphatic imine (C=N–C) groups is 1. The van der Waals surface area contributed by atoms with Crippen molar-refractivity contribution in [1.29, 1.82) is 0 Å². The molecule has 0 fully saturated rings. The first-order valence-corrected chi connectivity index (χ1v) is 10.6. The second-order valence-electron chi connectivity index (χ2n) is 7.57. The van der Waals surface area contributed by atoms with Crippen LogP contribution in [-0.2, 0) is 0 Å². The summed E-state index contributed by atoms with van der Waals surface area (Å²) >= 11 is 12.9. The molecule has 154 valence electrons. The van der Waals surface area contributed by atoms with Crippen LogP contribution >= 0.6 is 23.2 Å². The molecule has 2 aromatic carbocycles. The molecule has 0 amide bonds. The van der Waals surface area contributed by atoms with Crippen LogP contribution in [0.3, 0.4) is 0 Å². The van der Waals surface area contributed by atoms with E-state index >= 15 is 0 Å². The lowest BCUT2D eigenvalue weighted by Gasteiger charge is -2.37. The van der Waals surface area contributed by atoms with Crippen LogP contribution in [0.15, 0.2) is 75.9 Å². The molecule has 0 aliphatic carbocycles. The predicted octanol–water partition coefficient (Wildman–Crippen LogP) is 5.95.